The largest absolute Gasteiger partial charge is 0.477 e. The molecular formula is C9H11F3N2O2. The first-order chi connectivity index (χ1) is 7.21. The minimum Gasteiger partial charge on any atom is -0.477 e. The fourth-order valence-electron chi connectivity index (χ4n) is 1.21. The van der Waals surface area contributed by atoms with Gasteiger partial charge in [0.05, 0.1) is 0 Å². The van der Waals surface area contributed by atoms with E-state index in [0.29, 0.717) is 6.07 Å². The van der Waals surface area contributed by atoms with Gasteiger partial charge in [-0.3, -0.25) is 4.68 Å². The zero-order valence-electron chi connectivity index (χ0n) is 8.75. The van der Waals surface area contributed by atoms with E-state index in [9.17, 15) is 18.0 Å². The van der Waals surface area contributed by atoms with E-state index < -0.39 is 23.5 Å². The molecule has 0 aromatic carbocycles. The summed E-state index contributed by atoms with van der Waals surface area (Å²) in [6.45, 7) is 3.67. The first kappa shape index (κ1) is 12.5. The topological polar surface area (TPSA) is 55.1 Å². The Morgan fingerprint density at radius 3 is 2.50 bits per heavy atom. The third-order valence-corrected chi connectivity index (χ3v) is 1.83. The van der Waals surface area contributed by atoms with Crippen LogP contribution >= 0.6 is 0 Å². The lowest BCUT2D eigenvalue weighted by atomic mass is 10.2. The van der Waals surface area contributed by atoms with Crippen LogP contribution in [-0.4, -0.2) is 20.9 Å². The maximum atomic E-state index is 12.3. The minimum atomic E-state index is -4.62. The number of carboxylic acid groups (broad SMARTS) is 1. The molecule has 0 fully saturated rings. The Morgan fingerprint density at radius 1 is 1.56 bits per heavy atom. The van der Waals surface area contributed by atoms with Gasteiger partial charge in [0.1, 0.15) is 5.69 Å². The Morgan fingerprint density at radius 2 is 2.12 bits per heavy atom. The normalized spacial score (nSPS) is 12.1. The van der Waals surface area contributed by atoms with Gasteiger partial charge in [0.25, 0.3) is 0 Å². The van der Waals surface area contributed by atoms with Crippen molar-refractivity contribution in [3.05, 3.63) is 17.5 Å². The van der Waals surface area contributed by atoms with Crippen molar-refractivity contribution < 1.29 is 23.1 Å². The van der Waals surface area contributed by atoms with E-state index in [0.717, 1.165) is 4.68 Å². The SMILES string of the molecule is CC(C)Cn1nc(C(F)(F)F)cc1C(=O)O. The second kappa shape index (κ2) is 4.15. The van der Waals surface area contributed by atoms with E-state index in [1.165, 1.54) is 0 Å². The molecule has 7 heteroatoms. The summed E-state index contributed by atoms with van der Waals surface area (Å²) < 4.78 is 37.8. The van der Waals surface area contributed by atoms with Crippen LogP contribution in [0, 0.1) is 5.92 Å². The molecule has 0 saturated heterocycles. The van der Waals surface area contributed by atoms with Gasteiger partial charge in [0, 0.05) is 12.6 Å². The summed E-state index contributed by atoms with van der Waals surface area (Å²) in [5, 5.41) is 12.0. The predicted molar refractivity (Wildman–Crippen MR) is 49.0 cm³/mol. The van der Waals surface area contributed by atoms with Gasteiger partial charge in [-0.1, -0.05) is 13.8 Å². The Balaban J connectivity index is 3.15. The van der Waals surface area contributed by atoms with Crippen molar-refractivity contribution in [2.45, 2.75) is 26.6 Å². The van der Waals surface area contributed by atoms with Crippen molar-refractivity contribution in [3.8, 4) is 0 Å². The molecule has 0 aliphatic carbocycles. The number of hydrogen-bond donors (Lipinski definition) is 1. The highest BCUT2D eigenvalue weighted by Crippen LogP contribution is 2.28. The molecule has 0 bridgehead atoms. The smallest absolute Gasteiger partial charge is 0.435 e. The molecule has 16 heavy (non-hydrogen) atoms. The number of carboxylic acids is 1. The Labute approximate surface area is 89.7 Å². The Kier molecular flexibility index (Phi) is 3.25. The number of halogens is 3. The van der Waals surface area contributed by atoms with Gasteiger partial charge in [-0.15, -0.1) is 0 Å². The van der Waals surface area contributed by atoms with Gasteiger partial charge in [-0.05, 0) is 5.92 Å². The lowest BCUT2D eigenvalue weighted by Crippen LogP contribution is -2.14. The molecule has 1 rings (SSSR count). The zero-order valence-corrected chi connectivity index (χ0v) is 8.75. The van der Waals surface area contributed by atoms with Gasteiger partial charge in [-0.2, -0.15) is 18.3 Å². The molecule has 1 aromatic rings. The van der Waals surface area contributed by atoms with Crippen molar-refractivity contribution in [1.29, 1.82) is 0 Å². The van der Waals surface area contributed by atoms with Gasteiger partial charge >= 0.3 is 12.1 Å². The Bertz CT molecular complexity index is 396. The highest BCUT2D eigenvalue weighted by molar-refractivity contribution is 5.85. The van der Waals surface area contributed by atoms with Crippen molar-refractivity contribution >= 4 is 5.97 Å². The third-order valence-electron chi connectivity index (χ3n) is 1.83. The van der Waals surface area contributed by atoms with E-state index in [2.05, 4.69) is 5.10 Å². The number of nitrogens with zero attached hydrogens (tertiary/aromatic N) is 2. The average molecular weight is 236 g/mol. The molecule has 1 N–H and O–H groups in total. The Hall–Kier alpha value is -1.53. The van der Waals surface area contributed by atoms with E-state index in [4.69, 9.17) is 5.11 Å². The van der Waals surface area contributed by atoms with Gasteiger partial charge in [0.2, 0.25) is 0 Å². The molecule has 0 amide bonds. The molecular weight excluding hydrogens is 225 g/mol. The van der Waals surface area contributed by atoms with Crippen LogP contribution in [0.25, 0.3) is 0 Å². The summed E-state index contributed by atoms with van der Waals surface area (Å²) in [5.74, 6) is -1.40. The monoisotopic (exact) mass is 236 g/mol. The summed E-state index contributed by atoms with van der Waals surface area (Å²) in [6, 6.07) is 0.546. The first-order valence-electron chi connectivity index (χ1n) is 4.60. The maximum Gasteiger partial charge on any atom is 0.435 e. The lowest BCUT2D eigenvalue weighted by molar-refractivity contribution is -0.141. The second-order valence-corrected chi connectivity index (χ2v) is 3.79. The third kappa shape index (κ3) is 2.74. The predicted octanol–water partition coefficient (Wildman–Crippen LogP) is 2.26. The van der Waals surface area contributed by atoms with Crippen molar-refractivity contribution in [3.63, 3.8) is 0 Å². The van der Waals surface area contributed by atoms with E-state index >= 15 is 0 Å². The highest BCUT2D eigenvalue weighted by Gasteiger charge is 2.35. The van der Waals surface area contributed by atoms with Gasteiger partial charge < -0.3 is 5.11 Å². The summed E-state index contributed by atoms with van der Waals surface area (Å²) in [5.41, 5.74) is -1.62. The van der Waals surface area contributed by atoms with Crippen molar-refractivity contribution in [2.75, 3.05) is 0 Å². The number of carbonyl (C=O) groups is 1. The van der Waals surface area contributed by atoms with Crippen LogP contribution in [0.15, 0.2) is 6.07 Å². The average Bonchev–Trinajstić information content (AvgIpc) is 2.45. The number of alkyl halides is 3. The summed E-state index contributed by atoms with van der Waals surface area (Å²) >= 11 is 0. The molecule has 90 valence electrons. The molecule has 0 aliphatic heterocycles. The molecule has 0 aliphatic rings. The number of rotatable bonds is 3. The van der Waals surface area contributed by atoms with Crippen LogP contribution in [0.1, 0.15) is 30.0 Å². The van der Waals surface area contributed by atoms with Gasteiger partial charge in [-0.25, -0.2) is 4.79 Å². The van der Waals surface area contributed by atoms with Crippen LogP contribution in [0.2, 0.25) is 0 Å². The van der Waals surface area contributed by atoms with Crippen molar-refractivity contribution in [2.24, 2.45) is 5.92 Å². The molecule has 1 heterocycles. The van der Waals surface area contributed by atoms with Crippen LogP contribution in [0.3, 0.4) is 0 Å². The summed E-state index contributed by atoms with van der Waals surface area (Å²) in [7, 11) is 0. The van der Waals surface area contributed by atoms with E-state index in [1.54, 1.807) is 13.8 Å². The maximum absolute atomic E-state index is 12.3. The van der Waals surface area contributed by atoms with Crippen LogP contribution in [0.5, 0.6) is 0 Å². The van der Waals surface area contributed by atoms with Crippen LogP contribution in [-0.2, 0) is 12.7 Å². The van der Waals surface area contributed by atoms with Crippen LogP contribution < -0.4 is 0 Å². The number of hydrogen-bond acceptors (Lipinski definition) is 2. The molecule has 0 atom stereocenters. The quantitative estimate of drug-likeness (QED) is 0.875. The molecule has 0 radical (unpaired) electrons. The molecule has 4 nitrogen and oxygen atoms in total. The van der Waals surface area contributed by atoms with Gasteiger partial charge in [0.15, 0.2) is 5.69 Å². The standard InChI is InChI=1S/C9H11F3N2O2/c1-5(2)4-14-6(8(15)16)3-7(13-14)9(10,11)12/h3,5H,4H2,1-2H3,(H,15,16). The molecule has 0 unspecified atom stereocenters. The van der Waals surface area contributed by atoms with E-state index in [1.807, 2.05) is 0 Å². The number of aromatic carboxylic acids is 1. The first-order valence-corrected chi connectivity index (χ1v) is 4.60. The number of aromatic nitrogens is 2. The molecule has 0 saturated carbocycles. The fourth-order valence-corrected chi connectivity index (χ4v) is 1.21. The highest BCUT2D eigenvalue weighted by atomic mass is 19.4. The summed E-state index contributed by atoms with van der Waals surface area (Å²) in [6.07, 6.45) is -4.62. The molecule has 0 spiro atoms. The van der Waals surface area contributed by atoms with Crippen molar-refractivity contribution in [1.82, 2.24) is 9.78 Å². The minimum absolute atomic E-state index is 0.0130. The van der Waals surface area contributed by atoms with Crippen LogP contribution in [0.4, 0.5) is 13.2 Å². The zero-order chi connectivity index (χ0) is 12.5. The lowest BCUT2D eigenvalue weighted by Gasteiger charge is -2.07. The molecule has 1 aromatic heterocycles. The summed E-state index contributed by atoms with van der Waals surface area (Å²) in [4.78, 5) is 10.7. The fraction of sp³-hybridized carbons (Fsp3) is 0.556. The second-order valence-electron chi connectivity index (χ2n) is 3.79. The van der Waals surface area contributed by atoms with E-state index in [-0.39, 0.29) is 12.5 Å².